The van der Waals surface area contributed by atoms with E-state index in [4.69, 9.17) is 0 Å². The number of nitrogens with one attached hydrogen (secondary N) is 1. The Kier molecular flexibility index (Phi) is 7.91. The van der Waals surface area contributed by atoms with Crippen LogP contribution in [0.25, 0.3) is 0 Å². The minimum Gasteiger partial charge on any atom is -0.345 e. The van der Waals surface area contributed by atoms with Crippen molar-refractivity contribution < 1.29 is 18.0 Å². The average molecular weight is 430 g/mol. The zero-order chi connectivity index (χ0) is 22.3. The number of carbonyl (C=O) groups is 2. The molecule has 0 aromatic heterocycles. The van der Waals surface area contributed by atoms with Crippen LogP contribution in [0.15, 0.2) is 66.1 Å². The highest BCUT2D eigenvalue weighted by atomic mass is 32.2. The molecule has 2 amide bonds. The van der Waals surface area contributed by atoms with E-state index in [0.717, 1.165) is 5.56 Å². The number of rotatable bonds is 9. The van der Waals surface area contributed by atoms with Crippen LogP contribution < -0.4 is 4.72 Å². The molecule has 0 aliphatic rings. The van der Waals surface area contributed by atoms with Gasteiger partial charge in [0.2, 0.25) is 10.0 Å². The van der Waals surface area contributed by atoms with Gasteiger partial charge >= 0.3 is 0 Å². The van der Waals surface area contributed by atoms with Crippen LogP contribution in [0.1, 0.15) is 33.2 Å². The number of carbonyl (C=O) groups excluding carboxylic acids is 2. The summed E-state index contributed by atoms with van der Waals surface area (Å²) in [5.74, 6) is -0.281. The topological polar surface area (TPSA) is 86.8 Å². The van der Waals surface area contributed by atoms with Gasteiger partial charge in [-0.2, -0.15) is 0 Å². The van der Waals surface area contributed by atoms with Crippen LogP contribution >= 0.6 is 0 Å². The molecule has 0 saturated heterocycles. The molecular formula is C22H27N3O4S. The Hall–Kier alpha value is -2.97. The van der Waals surface area contributed by atoms with E-state index < -0.39 is 10.0 Å². The molecule has 0 aliphatic carbocycles. The molecule has 1 N–H and O–H groups in total. The van der Waals surface area contributed by atoms with E-state index in [0.29, 0.717) is 24.2 Å². The fraction of sp³-hybridized carbons (Fsp3) is 0.273. The van der Waals surface area contributed by atoms with Gasteiger partial charge < -0.3 is 9.80 Å². The zero-order valence-electron chi connectivity index (χ0n) is 17.5. The summed E-state index contributed by atoms with van der Waals surface area (Å²) in [7, 11) is -0.245. The van der Waals surface area contributed by atoms with Gasteiger partial charge in [0, 0.05) is 44.9 Å². The van der Waals surface area contributed by atoms with Crippen molar-refractivity contribution in [1.29, 1.82) is 0 Å². The first kappa shape index (κ1) is 23.3. The van der Waals surface area contributed by atoms with Crippen molar-refractivity contribution in [2.24, 2.45) is 0 Å². The number of nitrogens with zero attached hydrogens (tertiary/aromatic N) is 2. The number of amides is 2. The van der Waals surface area contributed by atoms with E-state index in [1.807, 2.05) is 19.1 Å². The van der Waals surface area contributed by atoms with Crippen LogP contribution in [-0.4, -0.2) is 57.2 Å². The lowest BCUT2D eigenvalue weighted by Gasteiger charge is -2.21. The quantitative estimate of drug-likeness (QED) is 0.621. The Morgan fingerprint density at radius 3 is 2.00 bits per heavy atom. The number of hydrogen-bond acceptors (Lipinski definition) is 4. The van der Waals surface area contributed by atoms with Crippen molar-refractivity contribution in [2.45, 2.75) is 18.4 Å². The lowest BCUT2D eigenvalue weighted by molar-refractivity contribution is 0.0751. The molecule has 0 bridgehead atoms. The van der Waals surface area contributed by atoms with E-state index in [2.05, 4.69) is 11.3 Å². The summed E-state index contributed by atoms with van der Waals surface area (Å²) in [4.78, 5) is 28.1. The predicted octanol–water partition coefficient (Wildman–Crippen LogP) is 2.52. The van der Waals surface area contributed by atoms with Gasteiger partial charge in [0.05, 0.1) is 4.90 Å². The SMILES string of the molecule is C=CCNS(=O)(=O)c1ccc(C(=O)N(CC)Cc2ccc(C(=O)N(C)C)cc2)cc1. The monoisotopic (exact) mass is 429 g/mol. The second-order valence-corrected chi connectivity index (χ2v) is 8.65. The Bertz CT molecular complexity index is 998. The van der Waals surface area contributed by atoms with Crippen LogP contribution in [0.5, 0.6) is 0 Å². The third kappa shape index (κ3) is 5.77. The number of sulfonamides is 1. The van der Waals surface area contributed by atoms with Crippen molar-refractivity contribution in [2.75, 3.05) is 27.2 Å². The molecule has 2 rings (SSSR count). The minimum absolute atomic E-state index is 0.0809. The van der Waals surface area contributed by atoms with E-state index in [1.165, 1.54) is 35.2 Å². The smallest absolute Gasteiger partial charge is 0.254 e. The first-order chi connectivity index (χ1) is 14.2. The van der Waals surface area contributed by atoms with E-state index in [9.17, 15) is 18.0 Å². The molecule has 2 aromatic carbocycles. The van der Waals surface area contributed by atoms with Crippen LogP contribution in [0, 0.1) is 0 Å². The van der Waals surface area contributed by atoms with Gasteiger partial charge in [0.15, 0.2) is 0 Å². The molecule has 0 atom stereocenters. The summed E-state index contributed by atoms with van der Waals surface area (Å²) in [6, 6.07) is 13.0. The van der Waals surface area contributed by atoms with Gasteiger partial charge in [-0.05, 0) is 48.9 Å². The van der Waals surface area contributed by atoms with Crippen molar-refractivity contribution in [3.8, 4) is 0 Å². The standard InChI is InChI=1S/C22H27N3O4S/c1-5-15-23-30(28,29)20-13-11-19(12-14-20)22(27)25(6-2)16-17-7-9-18(10-8-17)21(26)24(3)4/h5,7-14,23H,1,6,15-16H2,2-4H3. The molecule has 2 aromatic rings. The van der Waals surface area contributed by atoms with E-state index >= 15 is 0 Å². The molecule has 30 heavy (non-hydrogen) atoms. The molecule has 7 nitrogen and oxygen atoms in total. The van der Waals surface area contributed by atoms with Crippen LogP contribution in [-0.2, 0) is 16.6 Å². The summed E-state index contributed by atoms with van der Waals surface area (Å²) < 4.78 is 26.7. The molecule has 0 unspecified atom stereocenters. The maximum absolute atomic E-state index is 12.9. The summed E-state index contributed by atoms with van der Waals surface area (Å²) in [6.45, 7) is 6.35. The van der Waals surface area contributed by atoms with Gasteiger partial charge in [0.25, 0.3) is 11.8 Å². The fourth-order valence-corrected chi connectivity index (χ4v) is 3.77. The lowest BCUT2D eigenvalue weighted by atomic mass is 10.1. The summed E-state index contributed by atoms with van der Waals surface area (Å²) in [5.41, 5.74) is 1.88. The van der Waals surface area contributed by atoms with Crippen molar-refractivity contribution >= 4 is 21.8 Å². The van der Waals surface area contributed by atoms with Gasteiger partial charge in [-0.3, -0.25) is 9.59 Å². The third-order valence-corrected chi connectivity index (χ3v) is 5.92. The fourth-order valence-electron chi connectivity index (χ4n) is 2.77. The summed E-state index contributed by atoms with van der Waals surface area (Å²) >= 11 is 0. The lowest BCUT2D eigenvalue weighted by Crippen LogP contribution is -2.30. The Balaban J connectivity index is 2.12. The first-order valence-corrected chi connectivity index (χ1v) is 11.0. The molecule has 0 fully saturated rings. The van der Waals surface area contributed by atoms with Gasteiger partial charge in [-0.1, -0.05) is 18.2 Å². The number of benzene rings is 2. The number of hydrogen-bond donors (Lipinski definition) is 1. The molecule has 8 heteroatoms. The highest BCUT2D eigenvalue weighted by Crippen LogP contribution is 2.15. The average Bonchev–Trinajstić information content (AvgIpc) is 2.75. The van der Waals surface area contributed by atoms with Gasteiger partial charge in [0.1, 0.15) is 0 Å². The molecule has 0 saturated carbocycles. The second kappa shape index (κ2) is 10.2. The van der Waals surface area contributed by atoms with Gasteiger partial charge in [-0.25, -0.2) is 13.1 Å². The third-order valence-electron chi connectivity index (χ3n) is 4.48. The summed E-state index contributed by atoms with van der Waals surface area (Å²) in [5, 5.41) is 0. The minimum atomic E-state index is -3.63. The summed E-state index contributed by atoms with van der Waals surface area (Å²) in [6.07, 6.45) is 1.46. The highest BCUT2D eigenvalue weighted by Gasteiger charge is 2.18. The molecular weight excluding hydrogens is 402 g/mol. The second-order valence-electron chi connectivity index (χ2n) is 6.88. The molecule has 0 radical (unpaired) electrons. The van der Waals surface area contributed by atoms with Crippen molar-refractivity contribution in [3.05, 3.63) is 77.9 Å². The van der Waals surface area contributed by atoms with Crippen molar-refractivity contribution in [3.63, 3.8) is 0 Å². The predicted molar refractivity (Wildman–Crippen MR) is 117 cm³/mol. The Morgan fingerprint density at radius 1 is 0.967 bits per heavy atom. The van der Waals surface area contributed by atoms with E-state index in [1.54, 1.807) is 31.1 Å². The maximum Gasteiger partial charge on any atom is 0.254 e. The van der Waals surface area contributed by atoms with Crippen LogP contribution in [0.3, 0.4) is 0 Å². The first-order valence-electron chi connectivity index (χ1n) is 9.50. The van der Waals surface area contributed by atoms with Crippen LogP contribution in [0.2, 0.25) is 0 Å². The Morgan fingerprint density at radius 2 is 1.50 bits per heavy atom. The molecule has 160 valence electrons. The Labute approximate surface area is 178 Å². The highest BCUT2D eigenvalue weighted by molar-refractivity contribution is 7.89. The zero-order valence-corrected chi connectivity index (χ0v) is 18.3. The normalized spacial score (nSPS) is 11.0. The largest absolute Gasteiger partial charge is 0.345 e. The van der Waals surface area contributed by atoms with Crippen LogP contribution in [0.4, 0.5) is 0 Å². The van der Waals surface area contributed by atoms with Gasteiger partial charge in [-0.15, -0.1) is 6.58 Å². The molecule has 0 aliphatic heterocycles. The van der Waals surface area contributed by atoms with E-state index in [-0.39, 0.29) is 23.3 Å². The molecule has 0 spiro atoms. The maximum atomic E-state index is 12.9. The van der Waals surface area contributed by atoms with Crippen molar-refractivity contribution in [1.82, 2.24) is 14.5 Å². The molecule has 0 heterocycles.